The van der Waals surface area contributed by atoms with E-state index in [0.717, 1.165) is 24.7 Å². The van der Waals surface area contributed by atoms with E-state index in [0.29, 0.717) is 11.8 Å². The molecule has 0 heterocycles. The third kappa shape index (κ3) is 4.36. The molecule has 0 radical (unpaired) electrons. The third-order valence-corrected chi connectivity index (χ3v) is 6.96. The molecule has 1 atom stereocenters. The number of hydrogen-bond donors (Lipinski definition) is 1. The van der Waals surface area contributed by atoms with Crippen LogP contribution in [0.3, 0.4) is 0 Å². The Morgan fingerprint density at radius 2 is 1.67 bits per heavy atom. The minimum atomic E-state index is -0.187. The molecule has 1 amide bonds. The standard InChI is InChI=1S/C23H31NO3/c1-15(7-8-16-5-3-2-4-6-16)24-21(25)14-27-23(26)22-19-10-17-9-18(12-19)13-20(22)11-17/h2-6,15,17-20,22H,7-14H2,1H3,(H,24,25)/t15-,17?,18?,19?,20?,22?/m0/s1. The number of hydrogen-bond acceptors (Lipinski definition) is 3. The van der Waals surface area contributed by atoms with E-state index < -0.39 is 0 Å². The Balaban J connectivity index is 1.19. The van der Waals surface area contributed by atoms with Crippen molar-refractivity contribution < 1.29 is 14.3 Å². The molecule has 0 unspecified atom stereocenters. The molecule has 1 aromatic rings. The van der Waals surface area contributed by atoms with Crippen LogP contribution in [0, 0.1) is 29.6 Å². The highest BCUT2D eigenvalue weighted by Crippen LogP contribution is 2.56. The lowest BCUT2D eigenvalue weighted by atomic mass is 9.52. The Bertz CT molecular complexity index is 643. The lowest BCUT2D eigenvalue weighted by Gasteiger charge is -2.53. The van der Waals surface area contributed by atoms with E-state index in [1.165, 1.54) is 37.7 Å². The number of benzene rings is 1. The summed E-state index contributed by atoms with van der Waals surface area (Å²) >= 11 is 0. The van der Waals surface area contributed by atoms with Crippen LogP contribution in [-0.2, 0) is 20.7 Å². The number of carbonyl (C=O) groups is 2. The predicted octanol–water partition coefficient (Wildman–Crippen LogP) is 3.74. The highest BCUT2D eigenvalue weighted by Gasteiger charge is 2.51. The summed E-state index contributed by atoms with van der Waals surface area (Å²) in [5, 5.41) is 2.96. The van der Waals surface area contributed by atoms with Crippen molar-refractivity contribution in [2.24, 2.45) is 29.6 Å². The summed E-state index contributed by atoms with van der Waals surface area (Å²) in [6.07, 6.45) is 7.93. The van der Waals surface area contributed by atoms with Crippen LogP contribution in [0.1, 0.15) is 51.0 Å². The van der Waals surface area contributed by atoms with Crippen LogP contribution in [0.15, 0.2) is 30.3 Å². The molecule has 0 spiro atoms. The quantitative estimate of drug-likeness (QED) is 0.745. The third-order valence-electron chi connectivity index (χ3n) is 6.96. The van der Waals surface area contributed by atoms with Crippen molar-refractivity contribution >= 4 is 11.9 Å². The summed E-state index contributed by atoms with van der Waals surface area (Å²) in [7, 11) is 0. The van der Waals surface area contributed by atoms with Crippen LogP contribution < -0.4 is 5.32 Å². The molecule has 4 aliphatic rings. The molecule has 4 nitrogen and oxygen atoms in total. The van der Waals surface area contributed by atoms with E-state index in [1.54, 1.807) is 0 Å². The zero-order chi connectivity index (χ0) is 18.8. The fourth-order valence-corrected chi connectivity index (χ4v) is 5.96. The molecule has 1 N–H and O–H groups in total. The number of rotatable bonds is 7. The van der Waals surface area contributed by atoms with Crippen LogP contribution in [0.25, 0.3) is 0 Å². The zero-order valence-electron chi connectivity index (χ0n) is 16.2. The smallest absolute Gasteiger partial charge is 0.310 e. The Kier molecular flexibility index (Phi) is 5.51. The predicted molar refractivity (Wildman–Crippen MR) is 104 cm³/mol. The summed E-state index contributed by atoms with van der Waals surface area (Å²) in [4.78, 5) is 24.8. The van der Waals surface area contributed by atoms with Crippen LogP contribution in [-0.4, -0.2) is 24.5 Å². The highest BCUT2D eigenvalue weighted by atomic mass is 16.5. The van der Waals surface area contributed by atoms with Gasteiger partial charge in [-0.15, -0.1) is 0 Å². The lowest BCUT2D eigenvalue weighted by Crippen LogP contribution is -2.49. The summed E-state index contributed by atoms with van der Waals surface area (Å²) in [5.41, 5.74) is 1.27. The molecule has 1 aromatic carbocycles. The molecule has 5 rings (SSSR count). The molecule has 4 aliphatic carbocycles. The Morgan fingerprint density at radius 1 is 1.04 bits per heavy atom. The largest absolute Gasteiger partial charge is 0.455 e. The number of amides is 1. The topological polar surface area (TPSA) is 55.4 Å². The Hall–Kier alpha value is -1.84. The number of carbonyl (C=O) groups excluding carboxylic acids is 2. The van der Waals surface area contributed by atoms with Crippen LogP contribution in [0.5, 0.6) is 0 Å². The van der Waals surface area contributed by atoms with Gasteiger partial charge in [-0.1, -0.05) is 30.3 Å². The molecular formula is C23H31NO3. The van der Waals surface area contributed by atoms with Crippen molar-refractivity contribution in [2.45, 2.75) is 57.9 Å². The Morgan fingerprint density at radius 3 is 2.30 bits per heavy atom. The summed E-state index contributed by atoms with van der Waals surface area (Å²) in [6.45, 7) is 1.86. The average molecular weight is 370 g/mol. The monoisotopic (exact) mass is 369 g/mol. The minimum absolute atomic E-state index is 0.0427. The first kappa shape index (κ1) is 18.5. The second kappa shape index (κ2) is 8.04. The maximum atomic E-state index is 12.6. The first-order chi connectivity index (χ1) is 13.1. The van der Waals surface area contributed by atoms with Crippen LogP contribution in [0.4, 0.5) is 0 Å². The van der Waals surface area contributed by atoms with E-state index in [-0.39, 0.29) is 30.4 Å². The van der Waals surface area contributed by atoms with Gasteiger partial charge >= 0.3 is 5.97 Å². The second-order valence-electron chi connectivity index (χ2n) is 9.06. The first-order valence-electron chi connectivity index (χ1n) is 10.6. The van der Waals surface area contributed by atoms with Crippen molar-refractivity contribution in [1.82, 2.24) is 5.32 Å². The van der Waals surface area contributed by atoms with Crippen LogP contribution in [0.2, 0.25) is 0 Å². The van der Waals surface area contributed by atoms with Crippen molar-refractivity contribution in [3.63, 3.8) is 0 Å². The second-order valence-corrected chi connectivity index (χ2v) is 9.06. The maximum Gasteiger partial charge on any atom is 0.310 e. The maximum absolute atomic E-state index is 12.6. The molecule has 0 aromatic heterocycles. The molecule has 0 aliphatic heterocycles. The van der Waals surface area contributed by atoms with Crippen molar-refractivity contribution in [3.05, 3.63) is 35.9 Å². The van der Waals surface area contributed by atoms with Gasteiger partial charge in [0.15, 0.2) is 6.61 Å². The summed E-state index contributed by atoms with van der Waals surface area (Å²) < 4.78 is 5.44. The van der Waals surface area contributed by atoms with Gasteiger partial charge in [0.05, 0.1) is 5.92 Å². The van der Waals surface area contributed by atoms with Gasteiger partial charge in [-0.25, -0.2) is 0 Å². The molecule has 4 fully saturated rings. The van der Waals surface area contributed by atoms with Gasteiger partial charge in [0, 0.05) is 6.04 Å². The fourth-order valence-electron chi connectivity index (χ4n) is 5.96. The zero-order valence-corrected chi connectivity index (χ0v) is 16.2. The average Bonchev–Trinajstić information content (AvgIpc) is 2.65. The van der Waals surface area contributed by atoms with Gasteiger partial charge in [0.2, 0.25) is 0 Å². The summed E-state index contributed by atoms with van der Waals surface area (Å²) in [5.74, 6) is 2.41. The van der Waals surface area contributed by atoms with Gasteiger partial charge in [-0.05, 0) is 81.1 Å². The molecule has 4 bridgehead atoms. The van der Waals surface area contributed by atoms with E-state index in [4.69, 9.17) is 4.74 Å². The Labute approximate surface area is 162 Å². The van der Waals surface area contributed by atoms with Gasteiger partial charge in [0.25, 0.3) is 5.91 Å². The van der Waals surface area contributed by atoms with Gasteiger partial charge in [-0.2, -0.15) is 0 Å². The van der Waals surface area contributed by atoms with E-state index in [1.807, 2.05) is 25.1 Å². The van der Waals surface area contributed by atoms with E-state index >= 15 is 0 Å². The normalized spacial score (nSPS) is 32.1. The molecule has 146 valence electrons. The number of nitrogens with one attached hydrogen (secondary N) is 1. The SMILES string of the molecule is C[C@@H](CCc1ccccc1)NC(=O)COC(=O)C1C2CC3CC(C2)CC1C3. The molecule has 4 heteroatoms. The van der Waals surface area contributed by atoms with Crippen molar-refractivity contribution in [2.75, 3.05) is 6.61 Å². The first-order valence-corrected chi connectivity index (χ1v) is 10.6. The number of esters is 1. The minimum Gasteiger partial charge on any atom is -0.455 e. The van der Waals surface area contributed by atoms with Crippen molar-refractivity contribution in [3.8, 4) is 0 Å². The molecule has 0 saturated heterocycles. The van der Waals surface area contributed by atoms with Gasteiger partial charge < -0.3 is 10.1 Å². The van der Waals surface area contributed by atoms with Gasteiger partial charge in [-0.3, -0.25) is 9.59 Å². The highest BCUT2D eigenvalue weighted by molar-refractivity contribution is 5.81. The molecule has 27 heavy (non-hydrogen) atoms. The van der Waals surface area contributed by atoms with E-state index in [2.05, 4.69) is 17.4 Å². The van der Waals surface area contributed by atoms with Crippen LogP contribution >= 0.6 is 0 Å². The number of aryl methyl sites for hydroxylation is 1. The van der Waals surface area contributed by atoms with Gasteiger partial charge in [0.1, 0.15) is 0 Å². The molecular weight excluding hydrogens is 338 g/mol. The fraction of sp³-hybridized carbons (Fsp3) is 0.652. The number of ether oxygens (including phenoxy) is 1. The lowest BCUT2D eigenvalue weighted by molar-refractivity contribution is -0.164. The molecule has 4 saturated carbocycles. The van der Waals surface area contributed by atoms with E-state index in [9.17, 15) is 9.59 Å². The van der Waals surface area contributed by atoms with Crippen molar-refractivity contribution in [1.29, 1.82) is 0 Å². The summed E-state index contributed by atoms with van der Waals surface area (Å²) in [6, 6.07) is 10.3.